The van der Waals surface area contributed by atoms with E-state index in [0.29, 0.717) is 5.28 Å². The summed E-state index contributed by atoms with van der Waals surface area (Å²) in [5, 5.41) is 0.328. The smallest absolute Gasteiger partial charge is 0.222 e. The Labute approximate surface area is 91.9 Å². The van der Waals surface area contributed by atoms with Crippen LogP contribution in [0.25, 0.3) is 0 Å². The lowest BCUT2D eigenvalue weighted by Gasteiger charge is -2.02. The summed E-state index contributed by atoms with van der Waals surface area (Å²) >= 11 is 9.09. The second-order valence-electron chi connectivity index (χ2n) is 2.89. The first kappa shape index (κ1) is 10.9. The van der Waals surface area contributed by atoms with Gasteiger partial charge in [0.2, 0.25) is 5.28 Å². The van der Waals surface area contributed by atoms with Gasteiger partial charge in [-0.1, -0.05) is 19.8 Å². The van der Waals surface area contributed by atoms with Gasteiger partial charge in [0.25, 0.3) is 0 Å². The van der Waals surface area contributed by atoms with Crippen LogP contribution >= 0.6 is 27.5 Å². The van der Waals surface area contributed by atoms with E-state index in [1.807, 2.05) is 0 Å². The number of rotatable bonds is 4. The number of hydrogen-bond acceptors (Lipinski definition) is 2. The topological polar surface area (TPSA) is 25.8 Å². The lowest BCUT2D eigenvalue weighted by atomic mass is 10.1. The minimum absolute atomic E-state index is 0.328. The van der Waals surface area contributed by atoms with Crippen molar-refractivity contribution in [3.63, 3.8) is 0 Å². The zero-order valence-electron chi connectivity index (χ0n) is 7.56. The monoisotopic (exact) mass is 262 g/mol. The normalized spacial score (nSPS) is 10.4. The van der Waals surface area contributed by atoms with Crippen molar-refractivity contribution in [1.29, 1.82) is 0 Å². The lowest BCUT2D eigenvalue weighted by Crippen LogP contribution is -1.94. The molecule has 1 aromatic heterocycles. The molecule has 0 aliphatic heterocycles. The number of hydrogen-bond donors (Lipinski definition) is 0. The Kier molecular flexibility index (Phi) is 4.67. The molecule has 0 aliphatic rings. The average molecular weight is 264 g/mol. The summed E-state index contributed by atoms with van der Waals surface area (Å²) in [6.07, 6.45) is 6.28. The van der Waals surface area contributed by atoms with Gasteiger partial charge in [-0.3, -0.25) is 0 Å². The molecule has 2 nitrogen and oxygen atoms in total. The number of nitrogens with zero attached hydrogens (tertiary/aromatic N) is 2. The van der Waals surface area contributed by atoms with Crippen LogP contribution in [0.3, 0.4) is 0 Å². The number of unbranched alkanes of at least 4 members (excludes halogenated alkanes) is 2. The predicted molar refractivity (Wildman–Crippen MR) is 58.0 cm³/mol. The molecular formula is C9H12BrClN2. The van der Waals surface area contributed by atoms with E-state index in [1.165, 1.54) is 12.8 Å². The van der Waals surface area contributed by atoms with Crippen molar-refractivity contribution < 1.29 is 0 Å². The third-order valence-electron chi connectivity index (χ3n) is 1.80. The molecule has 0 amide bonds. The molecule has 0 bridgehead atoms. The van der Waals surface area contributed by atoms with Crippen molar-refractivity contribution >= 4 is 27.5 Å². The third kappa shape index (κ3) is 3.61. The van der Waals surface area contributed by atoms with Gasteiger partial charge < -0.3 is 0 Å². The van der Waals surface area contributed by atoms with E-state index in [0.717, 1.165) is 23.0 Å². The van der Waals surface area contributed by atoms with Crippen molar-refractivity contribution in [2.24, 2.45) is 0 Å². The van der Waals surface area contributed by atoms with Crippen LogP contribution in [0.15, 0.2) is 10.7 Å². The Morgan fingerprint density at radius 1 is 1.46 bits per heavy atom. The SMILES string of the molecule is CCCCCc1nc(Cl)ncc1Br. The second kappa shape index (κ2) is 5.55. The molecule has 0 saturated heterocycles. The largest absolute Gasteiger partial charge is 0.225 e. The quantitative estimate of drug-likeness (QED) is 0.612. The molecule has 0 aliphatic carbocycles. The molecule has 0 fully saturated rings. The van der Waals surface area contributed by atoms with Crippen LogP contribution in [-0.4, -0.2) is 9.97 Å². The maximum absolute atomic E-state index is 5.69. The molecule has 13 heavy (non-hydrogen) atoms. The Morgan fingerprint density at radius 2 is 2.23 bits per heavy atom. The summed E-state index contributed by atoms with van der Waals surface area (Å²) in [6.45, 7) is 2.18. The summed E-state index contributed by atoms with van der Waals surface area (Å²) in [7, 11) is 0. The van der Waals surface area contributed by atoms with E-state index in [-0.39, 0.29) is 0 Å². The summed E-state index contributed by atoms with van der Waals surface area (Å²) in [6, 6.07) is 0. The van der Waals surface area contributed by atoms with Gasteiger partial charge in [-0.25, -0.2) is 9.97 Å². The van der Waals surface area contributed by atoms with E-state index in [9.17, 15) is 0 Å². The molecule has 0 aromatic carbocycles. The molecule has 1 rings (SSSR count). The highest BCUT2D eigenvalue weighted by atomic mass is 79.9. The molecular weight excluding hydrogens is 251 g/mol. The fourth-order valence-corrected chi connectivity index (χ4v) is 1.64. The lowest BCUT2D eigenvalue weighted by molar-refractivity contribution is 0.704. The van der Waals surface area contributed by atoms with Gasteiger partial charge in [-0.2, -0.15) is 0 Å². The highest BCUT2D eigenvalue weighted by molar-refractivity contribution is 9.10. The van der Waals surface area contributed by atoms with Gasteiger partial charge in [0, 0.05) is 6.20 Å². The molecule has 72 valence electrons. The van der Waals surface area contributed by atoms with E-state index in [2.05, 4.69) is 32.8 Å². The van der Waals surface area contributed by atoms with Crippen LogP contribution in [0, 0.1) is 0 Å². The second-order valence-corrected chi connectivity index (χ2v) is 4.08. The molecule has 4 heteroatoms. The fourth-order valence-electron chi connectivity index (χ4n) is 1.10. The van der Waals surface area contributed by atoms with Gasteiger partial charge in [0.1, 0.15) is 0 Å². The van der Waals surface area contributed by atoms with Crippen molar-refractivity contribution in [1.82, 2.24) is 9.97 Å². The van der Waals surface area contributed by atoms with Gasteiger partial charge in [0.15, 0.2) is 0 Å². The van der Waals surface area contributed by atoms with Crippen molar-refractivity contribution in [3.05, 3.63) is 21.6 Å². The highest BCUT2D eigenvalue weighted by Gasteiger charge is 2.02. The first-order chi connectivity index (χ1) is 6.24. The zero-order valence-corrected chi connectivity index (χ0v) is 9.90. The maximum atomic E-state index is 5.69. The maximum Gasteiger partial charge on any atom is 0.222 e. The Hall–Kier alpha value is -0.150. The van der Waals surface area contributed by atoms with Crippen LogP contribution in [-0.2, 0) is 6.42 Å². The van der Waals surface area contributed by atoms with Gasteiger partial charge in [-0.15, -0.1) is 0 Å². The first-order valence-electron chi connectivity index (χ1n) is 4.41. The van der Waals surface area contributed by atoms with Gasteiger partial charge in [-0.05, 0) is 40.4 Å². The number of halogens is 2. The number of aryl methyl sites for hydroxylation is 1. The molecule has 0 saturated carbocycles. The first-order valence-corrected chi connectivity index (χ1v) is 5.58. The van der Waals surface area contributed by atoms with E-state index in [4.69, 9.17) is 11.6 Å². The molecule has 0 N–H and O–H groups in total. The molecule has 0 unspecified atom stereocenters. The molecule has 0 spiro atoms. The number of aromatic nitrogens is 2. The van der Waals surface area contributed by atoms with Crippen molar-refractivity contribution in [2.45, 2.75) is 32.6 Å². The minimum atomic E-state index is 0.328. The van der Waals surface area contributed by atoms with Crippen LogP contribution in [0.5, 0.6) is 0 Å². The standard InChI is InChI=1S/C9H12BrClN2/c1-2-3-4-5-8-7(10)6-12-9(11)13-8/h6H,2-5H2,1H3. The van der Waals surface area contributed by atoms with E-state index < -0.39 is 0 Å². The predicted octanol–water partition coefficient (Wildman–Crippen LogP) is 3.63. The highest BCUT2D eigenvalue weighted by Crippen LogP contribution is 2.17. The van der Waals surface area contributed by atoms with E-state index >= 15 is 0 Å². The average Bonchev–Trinajstić information content (AvgIpc) is 2.11. The summed E-state index contributed by atoms with van der Waals surface area (Å²) < 4.78 is 0.952. The Balaban J connectivity index is 2.59. The molecule has 0 radical (unpaired) electrons. The van der Waals surface area contributed by atoms with Crippen LogP contribution in [0.4, 0.5) is 0 Å². The van der Waals surface area contributed by atoms with Gasteiger partial charge in [0.05, 0.1) is 10.2 Å². The summed E-state index contributed by atoms with van der Waals surface area (Å²) in [5.41, 5.74) is 1.01. The molecule has 1 heterocycles. The van der Waals surface area contributed by atoms with Gasteiger partial charge >= 0.3 is 0 Å². The van der Waals surface area contributed by atoms with Crippen LogP contribution in [0.1, 0.15) is 31.9 Å². The molecule has 0 atom stereocenters. The Morgan fingerprint density at radius 3 is 2.92 bits per heavy atom. The zero-order chi connectivity index (χ0) is 9.68. The Bertz CT molecular complexity index is 278. The van der Waals surface area contributed by atoms with Crippen molar-refractivity contribution in [2.75, 3.05) is 0 Å². The minimum Gasteiger partial charge on any atom is -0.225 e. The van der Waals surface area contributed by atoms with Crippen LogP contribution < -0.4 is 0 Å². The summed E-state index contributed by atoms with van der Waals surface area (Å²) in [5.74, 6) is 0. The van der Waals surface area contributed by atoms with Crippen molar-refractivity contribution in [3.8, 4) is 0 Å². The fraction of sp³-hybridized carbons (Fsp3) is 0.556. The molecule has 1 aromatic rings. The summed E-state index contributed by atoms with van der Waals surface area (Å²) in [4.78, 5) is 8.03. The third-order valence-corrected chi connectivity index (χ3v) is 2.65. The van der Waals surface area contributed by atoms with E-state index in [1.54, 1.807) is 6.20 Å². The van der Waals surface area contributed by atoms with Crippen LogP contribution in [0.2, 0.25) is 5.28 Å².